The number of benzene rings is 5. The minimum absolute atomic E-state index is 0.915. The average molecular weight is 423 g/mol. The van der Waals surface area contributed by atoms with Gasteiger partial charge >= 0.3 is 0 Å². The lowest BCUT2D eigenvalue weighted by molar-refractivity contribution is 1.19. The van der Waals surface area contributed by atoms with Crippen molar-refractivity contribution in [2.75, 3.05) is 0 Å². The molecule has 0 saturated carbocycles. The minimum atomic E-state index is 0.915. The zero-order valence-electron chi connectivity index (χ0n) is 18.4. The largest absolute Gasteiger partial charge is 0.249 e. The zero-order chi connectivity index (χ0) is 22.2. The Kier molecular flexibility index (Phi) is 4.70. The molecule has 0 amide bonds. The van der Waals surface area contributed by atoms with Gasteiger partial charge in [0.2, 0.25) is 0 Å². The summed E-state index contributed by atoms with van der Waals surface area (Å²) < 4.78 is 0. The SMILES string of the molecule is Cc1nc2c(ccc3cccc(-c4cccc(-c5ccccc5)c4)c32)nc1-c1ccccc1. The van der Waals surface area contributed by atoms with Crippen molar-refractivity contribution in [2.45, 2.75) is 6.92 Å². The van der Waals surface area contributed by atoms with E-state index >= 15 is 0 Å². The third-order valence-corrected chi connectivity index (χ3v) is 6.18. The van der Waals surface area contributed by atoms with Gasteiger partial charge in [0.25, 0.3) is 0 Å². The fraction of sp³-hybridized carbons (Fsp3) is 0.0323. The number of fused-ring (bicyclic) bond motifs is 3. The van der Waals surface area contributed by atoms with Crippen LogP contribution in [0.4, 0.5) is 0 Å². The van der Waals surface area contributed by atoms with Gasteiger partial charge in [-0.3, -0.25) is 0 Å². The van der Waals surface area contributed by atoms with E-state index < -0.39 is 0 Å². The van der Waals surface area contributed by atoms with Crippen LogP contribution in [-0.4, -0.2) is 9.97 Å². The number of nitrogens with zero attached hydrogens (tertiary/aromatic N) is 2. The summed E-state index contributed by atoms with van der Waals surface area (Å²) in [4.78, 5) is 10.1. The van der Waals surface area contributed by atoms with E-state index in [0.717, 1.165) is 33.4 Å². The van der Waals surface area contributed by atoms with Crippen LogP contribution in [0.3, 0.4) is 0 Å². The molecule has 0 aliphatic rings. The molecule has 0 saturated heterocycles. The first kappa shape index (κ1) is 19.4. The van der Waals surface area contributed by atoms with Crippen LogP contribution in [0.2, 0.25) is 0 Å². The van der Waals surface area contributed by atoms with Gasteiger partial charge in [0, 0.05) is 10.9 Å². The molecule has 6 aromatic rings. The standard InChI is InChI=1S/C31H22N2/c1-21-30(24-12-6-3-7-13-24)33-28-19-18-23-14-9-17-27(29(23)31(28)32-21)26-16-8-15-25(20-26)22-10-4-2-5-11-22/h2-20H,1H3. The fourth-order valence-corrected chi connectivity index (χ4v) is 4.58. The summed E-state index contributed by atoms with van der Waals surface area (Å²) in [6, 6.07) is 40.2. The molecule has 0 fully saturated rings. The molecule has 0 unspecified atom stereocenters. The van der Waals surface area contributed by atoms with Gasteiger partial charge in [-0.2, -0.15) is 0 Å². The number of hydrogen-bond acceptors (Lipinski definition) is 2. The first-order chi connectivity index (χ1) is 16.3. The second-order valence-electron chi connectivity index (χ2n) is 8.31. The van der Waals surface area contributed by atoms with Crippen molar-refractivity contribution in [3.63, 3.8) is 0 Å². The number of aryl methyl sites for hydroxylation is 1. The van der Waals surface area contributed by atoms with Crippen molar-refractivity contribution in [3.05, 3.63) is 121 Å². The van der Waals surface area contributed by atoms with Crippen molar-refractivity contribution in [1.82, 2.24) is 9.97 Å². The number of aromatic nitrogens is 2. The van der Waals surface area contributed by atoms with E-state index in [1.54, 1.807) is 0 Å². The highest BCUT2D eigenvalue weighted by Gasteiger charge is 2.13. The van der Waals surface area contributed by atoms with Crippen LogP contribution < -0.4 is 0 Å². The Hall–Kier alpha value is -4.30. The van der Waals surface area contributed by atoms with Crippen LogP contribution in [0.15, 0.2) is 115 Å². The Morgan fingerprint density at radius 2 is 1.18 bits per heavy atom. The van der Waals surface area contributed by atoms with Gasteiger partial charge in [-0.1, -0.05) is 103 Å². The first-order valence-electron chi connectivity index (χ1n) is 11.2. The Morgan fingerprint density at radius 3 is 1.97 bits per heavy atom. The van der Waals surface area contributed by atoms with E-state index in [4.69, 9.17) is 9.97 Å². The highest BCUT2D eigenvalue weighted by atomic mass is 14.8. The lowest BCUT2D eigenvalue weighted by atomic mass is 9.94. The van der Waals surface area contributed by atoms with Crippen molar-refractivity contribution in [2.24, 2.45) is 0 Å². The third-order valence-electron chi connectivity index (χ3n) is 6.18. The van der Waals surface area contributed by atoms with Crippen LogP contribution in [0.25, 0.3) is 55.3 Å². The highest BCUT2D eigenvalue weighted by molar-refractivity contribution is 6.12. The van der Waals surface area contributed by atoms with E-state index in [9.17, 15) is 0 Å². The maximum absolute atomic E-state index is 5.08. The lowest BCUT2D eigenvalue weighted by Crippen LogP contribution is -1.96. The van der Waals surface area contributed by atoms with Crippen LogP contribution in [0, 0.1) is 6.92 Å². The smallest absolute Gasteiger partial charge is 0.0975 e. The van der Waals surface area contributed by atoms with Crippen molar-refractivity contribution in [1.29, 1.82) is 0 Å². The molecule has 0 aliphatic carbocycles. The average Bonchev–Trinajstić information content (AvgIpc) is 2.89. The molecule has 33 heavy (non-hydrogen) atoms. The summed E-state index contributed by atoms with van der Waals surface area (Å²) in [6.07, 6.45) is 0. The molecule has 156 valence electrons. The Labute approximate surface area is 193 Å². The molecule has 6 rings (SSSR count). The summed E-state index contributed by atoms with van der Waals surface area (Å²) >= 11 is 0. The molecule has 0 spiro atoms. The van der Waals surface area contributed by atoms with Gasteiger partial charge in [0.15, 0.2) is 0 Å². The molecule has 0 radical (unpaired) electrons. The van der Waals surface area contributed by atoms with Gasteiger partial charge < -0.3 is 0 Å². The van der Waals surface area contributed by atoms with Crippen molar-refractivity contribution < 1.29 is 0 Å². The molecule has 0 bridgehead atoms. The van der Waals surface area contributed by atoms with E-state index in [-0.39, 0.29) is 0 Å². The van der Waals surface area contributed by atoms with Gasteiger partial charge in [-0.15, -0.1) is 0 Å². The van der Waals surface area contributed by atoms with E-state index in [2.05, 4.69) is 97.1 Å². The summed E-state index contributed by atoms with van der Waals surface area (Å²) in [5.41, 5.74) is 9.61. The summed E-state index contributed by atoms with van der Waals surface area (Å²) in [7, 11) is 0. The molecule has 0 N–H and O–H groups in total. The molecule has 1 heterocycles. The van der Waals surface area contributed by atoms with Gasteiger partial charge in [0.1, 0.15) is 0 Å². The predicted octanol–water partition coefficient (Wildman–Crippen LogP) is 8.09. The Morgan fingerprint density at radius 1 is 0.515 bits per heavy atom. The van der Waals surface area contributed by atoms with Crippen LogP contribution in [-0.2, 0) is 0 Å². The van der Waals surface area contributed by atoms with Crippen LogP contribution >= 0.6 is 0 Å². The maximum Gasteiger partial charge on any atom is 0.0975 e. The quantitative estimate of drug-likeness (QED) is 0.269. The number of hydrogen-bond donors (Lipinski definition) is 0. The third kappa shape index (κ3) is 3.46. The first-order valence-corrected chi connectivity index (χ1v) is 11.2. The predicted molar refractivity (Wildman–Crippen MR) is 138 cm³/mol. The molecule has 0 atom stereocenters. The Balaban J connectivity index is 1.59. The van der Waals surface area contributed by atoms with Crippen molar-refractivity contribution >= 4 is 21.8 Å². The van der Waals surface area contributed by atoms with E-state index in [1.165, 1.54) is 27.6 Å². The molecule has 0 aliphatic heterocycles. The molecular weight excluding hydrogens is 400 g/mol. The molecule has 2 heteroatoms. The van der Waals surface area contributed by atoms with E-state index in [0.29, 0.717) is 0 Å². The second-order valence-corrected chi connectivity index (χ2v) is 8.31. The fourth-order valence-electron chi connectivity index (χ4n) is 4.58. The molecule has 2 nitrogen and oxygen atoms in total. The lowest BCUT2D eigenvalue weighted by Gasteiger charge is -2.13. The summed E-state index contributed by atoms with van der Waals surface area (Å²) in [5, 5.41) is 2.32. The monoisotopic (exact) mass is 422 g/mol. The molecule has 1 aromatic heterocycles. The normalized spacial score (nSPS) is 11.2. The van der Waals surface area contributed by atoms with Gasteiger partial charge in [0.05, 0.1) is 22.4 Å². The Bertz CT molecular complexity index is 1600. The van der Waals surface area contributed by atoms with Crippen LogP contribution in [0.1, 0.15) is 5.69 Å². The van der Waals surface area contributed by atoms with E-state index in [1.807, 2.05) is 25.1 Å². The summed E-state index contributed by atoms with van der Waals surface area (Å²) in [6.45, 7) is 2.05. The van der Waals surface area contributed by atoms with Crippen molar-refractivity contribution in [3.8, 4) is 33.5 Å². The highest BCUT2D eigenvalue weighted by Crippen LogP contribution is 2.36. The summed E-state index contributed by atoms with van der Waals surface area (Å²) in [5.74, 6) is 0. The minimum Gasteiger partial charge on any atom is -0.249 e. The second kappa shape index (κ2) is 7.99. The van der Waals surface area contributed by atoms with Crippen LogP contribution in [0.5, 0.6) is 0 Å². The molecule has 5 aromatic carbocycles. The number of rotatable bonds is 3. The maximum atomic E-state index is 5.08. The zero-order valence-corrected chi connectivity index (χ0v) is 18.4. The topological polar surface area (TPSA) is 25.8 Å². The molecular formula is C31H22N2. The van der Waals surface area contributed by atoms with Gasteiger partial charge in [-0.25, -0.2) is 9.97 Å². The van der Waals surface area contributed by atoms with Gasteiger partial charge in [-0.05, 0) is 46.7 Å².